The molecule has 0 bridgehead atoms. The Hall–Kier alpha value is -3.19. The minimum absolute atomic E-state index is 0.118. The number of nitrogens with zero attached hydrogens (tertiary/aromatic N) is 3. The Morgan fingerprint density at radius 3 is 2.56 bits per heavy atom. The lowest BCUT2D eigenvalue weighted by Crippen LogP contribution is -2.45. The molecule has 0 unspecified atom stereocenters. The highest BCUT2D eigenvalue weighted by molar-refractivity contribution is 5.76. The number of benzene rings is 2. The van der Waals surface area contributed by atoms with E-state index in [1.165, 1.54) is 12.1 Å². The standard InChI is InChI=1S/C20H19N3O4/c24-20-7-6-16-5-4-15(12-19(16)27-20)14-21-8-10-22(11-9-21)17-2-1-3-18(13-17)23(25)26/h1-7,12-13H,8-11,14H2. The van der Waals surface area contributed by atoms with Crippen molar-refractivity contribution in [1.29, 1.82) is 0 Å². The Labute approximate surface area is 155 Å². The monoisotopic (exact) mass is 365 g/mol. The van der Waals surface area contributed by atoms with Gasteiger partial charge in [0.05, 0.1) is 4.92 Å². The quantitative estimate of drug-likeness (QED) is 0.402. The van der Waals surface area contributed by atoms with E-state index in [0.29, 0.717) is 5.58 Å². The van der Waals surface area contributed by atoms with Crippen LogP contribution in [0.2, 0.25) is 0 Å². The van der Waals surface area contributed by atoms with E-state index in [0.717, 1.165) is 49.4 Å². The summed E-state index contributed by atoms with van der Waals surface area (Å²) < 4.78 is 5.26. The average molecular weight is 365 g/mol. The van der Waals surface area contributed by atoms with Gasteiger partial charge in [0.25, 0.3) is 5.69 Å². The molecule has 2 heterocycles. The van der Waals surface area contributed by atoms with Gasteiger partial charge < -0.3 is 9.32 Å². The van der Waals surface area contributed by atoms with E-state index >= 15 is 0 Å². The fourth-order valence-electron chi connectivity index (χ4n) is 3.43. The molecule has 1 saturated heterocycles. The van der Waals surface area contributed by atoms with Crippen molar-refractivity contribution in [2.45, 2.75) is 6.54 Å². The third kappa shape index (κ3) is 3.83. The van der Waals surface area contributed by atoms with Gasteiger partial charge in [0.15, 0.2) is 0 Å². The molecule has 0 amide bonds. The Morgan fingerprint density at radius 1 is 1.00 bits per heavy atom. The van der Waals surface area contributed by atoms with Crippen molar-refractivity contribution in [1.82, 2.24) is 4.90 Å². The van der Waals surface area contributed by atoms with Crippen LogP contribution in [0, 0.1) is 10.1 Å². The molecule has 4 rings (SSSR count). The predicted octanol–water partition coefficient (Wildman–Crippen LogP) is 3.02. The van der Waals surface area contributed by atoms with Gasteiger partial charge in [-0.1, -0.05) is 18.2 Å². The first-order valence-corrected chi connectivity index (χ1v) is 8.83. The van der Waals surface area contributed by atoms with Crippen molar-refractivity contribution in [2.75, 3.05) is 31.1 Å². The Morgan fingerprint density at radius 2 is 1.78 bits per heavy atom. The normalized spacial score (nSPS) is 15.2. The molecular weight excluding hydrogens is 346 g/mol. The second-order valence-electron chi connectivity index (χ2n) is 6.67. The Balaban J connectivity index is 1.41. The molecule has 7 nitrogen and oxygen atoms in total. The first-order chi connectivity index (χ1) is 13.1. The van der Waals surface area contributed by atoms with Gasteiger partial charge in [0.1, 0.15) is 5.58 Å². The molecule has 27 heavy (non-hydrogen) atoms. The largest absolute Gasteiger partial charge is 0.423 e. The van der Waals surface area contributed by atoms with Crippen molar-refractivity contribution < 1.29 is 9.34 Å². The summed E-state index contributed by atoms with van der Waals surface area (Å²) in [7, 11) is 0. The van der Waals surface area contributed by atoms with Crippen molar-refractivity contribution in [3.05, 3.63) is 80.7 Å². The van der Waals surface area contributed by atoms with Crippen LogP contribution in [0.15, 0.2) is 63.8 Å². The van der Waals surface area contributed by atoms with E-state index in [2.05, 4.69) is 15.9 Å². The number of piperazine rings is 1. The summed E-state index contributed by atoms with van der Waals surface area (Å²) in [6.45, 7) is 4.12. The van der Waals surface area contributed by atoms with Gasteiger partial charge in [-0.25, -0.2) is 4.79 Å². The van der Waals surface area contributed by atoms with E-state index in [4.69, 9.17) is 4.42 Å². The number of hydrogen-bond acceptors (Lipinski definition) is 6. The van der Waals surface area contributed by atoms with E-state index in [1.54, 1.807) is 18.2 Å². The number of fused-ring (bicyclic) bond motifs is 1. The summed E-state index contributed by atoms with van der Waals surface area (Å²) in [5.41, 5.74) is 2.37. The predicted molar refractivity (Wildman–Crippen MR) is 103 cm³/mol. The first kappa shape index (κ1) is 17.2. The molecule has 0 aliphatic carbocycles. The fraction of sp³-hybridized carbons (Fsp3) is 0.250. The summed E-state index contributed by atoms with van der Waals surface area (Å²) >= 11 is 0. The van der Waals surface area contributed by atoms with Crippen LogP contribution in [0.4, 0.5) is 11.4 Å². The SMILES string of the molecule is O=c1ccc2ccc(CN3CCN(c4cccc([N+](=O)[O-])c4)CC3)cc2o1. The van der Waals surface area contributed by atoms with Crippen LogP contribution < -0.4 is 10.5 Å². The minimum atomic E-state index is -0.363. The van der Waals surface area contributed by atoms with Crippen LogP contribution in [0.3, 0.4) is 0 Å². The van der Waals surface area contributed by atoms with Gasteiger partial charge in [-0.2, -0.15) is 0 Å². The molecule has 0 spiro atoms. The number of nitro groups is 1. The lowest BCUT2D eigenvalue weighted by Gasteiger charge is -2.36. The highest BCUT2D eigenvalue weighted by Gasteiger charge is 2.19. The lowest BCUT2D eigenvalue weighted by molar-refractivity contribution is -0.384. The van der Waals surface area contributed by atoms with Gasteiger partial charge in [-0.3, -0.25) is 15.0 Å². The van der Waals surface area contributed by atoms with Gasteiger partial charge in [-0.15, -0.1) is 0 Å². The first-order valence-electron chi connectivity index (χ1n) is 8.83. The molecule has 3 aromatic rings. The number of hydrogen-bond donors (Lipinski definition) is 0. The van der Waals surface area contributed by atoms with Crippen LogP contribution in [0.25, 0.3) is 11.0 Å². The molecule has 0 radical (unpaired) electrons. The summed E-state index contributed by atoms with van der Waals surface area (Å²) in [5.74, 6) is 0. The summed E-state index contributed by atoms with van der Waals surface area (Å²) in [6.07, 6.45) is 0. The average Bonchev–Trinajstić information content (AvgIpc) is 2.68. The molecular formula is C20H19N3O4. The summed E-state index contributed by atoms with van der Waals surface area (Å²) in [4.78, 5) is 26.5. The zero-order chi connectivity index (χ0) is 18.8. The van der Waals surface area contributed by atoms with Crippen molar-refractivity contribution in [3.63, 3.8) is 0 Å². The Kier molecular flexibility index (Phi) is 4.60. The molecule has 0 saturated carbocycles. The highest BCUT2D eigenvalue weighted by Crippen LogP contribution is 2.23. The van der Waals surface area contributed by atoms with Crippen LogP contribution in [-0.4, -0.2) is 36.0 Å². The second-order valence-corrected chi connectivity index (χ2v) is 6.67. The number of anilines is 1. The smallest absolute Gasteiger partial charge is 0.336 e. The zero-order valence-electron chi connectivity index (χ0n) is 14.7. The molecule has 138 valence electrons. The summed E-state index contributed by atoms with van der Waals surface area (Å²) in [5, 5.41) is 11.9. The summed E-state index contributed by atoms with van der Waals surface area (Å²) in [6, 6.07) is 15.9. The number of non-ortho nitro benzene ring substituents is 1. The van der Waals surface area contributed by atoms with Crippen LogP contribution in [0.1, 0.15) is 5.56 Å². The fourth-order valence-corrected chi connectivity index (χ4v) is 3.43. The second kappa shape index (κ2) is 7.20. The molecule has 1 aliphatic rings. The highest BCUT2D eigenvalue weighted by atomic mass is 16.6. The van der Waals surface area contributed by atoms with Gasteiger partial charge in [0, 0.05) is 62.0 Å². The molecule has 1 fully saturated rings. The van der Waals surface area contributed by atoms with Gasteiger partial charge in [0.2, 0.25) is 0 Å². The molecule has 0 atom stereocenters. The lowest BCUT2D eigenvalue weighted by atomic mass is 10.1. The molecule has 1 aliphatic heterocycles. The Bertz CT molecular complexity index is 1040. The van der Waals surface area contributed by atoms with Crippen LogP contribution in [-0.2, 0) is 6.54 Å². The van der Waals surface area contributed by atoms with E-state index in [1.807, 2.05) is 18.2 Å². The molecule has 2 aromatic carbocycles. The maximum Gasteiger partial charge on any atom is 0.336 e. The number of rotatable bonds is 4. The van der Waals surface area contributed by atoms with Crippen LogP contribution in [0.5, 0.6) is 0 Å². The van der Waals surface area contributed by atoms with Gasteiger partial charge in [-0.05, 0) is 23.8 Å². The third-order valence-electron chi connectivity index (χ3n) is 4.87. The van der Waals surface area contributed by atoms with Gasteiger partial charge >= 0.3 is 5.63 Å². The molecule has 7 heteroatoms. The third-order valence-corrected chi connectivity index (χ3v) is 4.87. The van der Waals surface area contributed by atoms with E-state index < -0.39 is 0 Å². The van der Waals surface area contributed by atoms with Crippen molar-refractivity contribution in [3.8, 4) is 0 Å². The maximum atomic E-state index is 11.4. The maximum absolute atomic E-state index is 11.4. The zero-order valence-corrected chi connectivity index (χ0v) is 14.7. The number of nitro benzene ring substituents is 1. The minimum Gasteiger partial charge on any atom is -0.423 e. The van der Waals surface area contributed by atoms with E-state index in [9.17, 15) is 14.9 Å². The van der Waals surface area contributed by atoms with E-state index in [-0.39, 0.29) is 16.2 Å². The van der Waals surface area contributed by atoms with Crippen molar-refractivity contribution >= 4 is 22.3 Å². The van der Waals surface area contributed by atoms with Crippen LogP contribution >= 0.6 is 0 Å². The molecule has 0 N–H and O–H groups in total. The topological polar surface area (TPSA) is 79.8 Å². The molecule has 1 aromatic heterocycles. The van der Waals surface area contributed by atoms with Crippen molar-refractivity contribution in [2.24, 2.45) is 0 Å².